The Labute approximate surface area is 109 Å². The molecule has 0 saturated carbocycles. The SMILES string of the molecule is C1=CC=CCC=C1.C1=CNc2ccccc2C=C1. The van der Waals surface area contributed by atoms with Gasteiger partial charge in [0.2, 0.25) is 0 Å². The number of fused-ring (bicyclic) bond motifs is 1. The van der Waals surface area contributed by atoms with E-state index in [2.05, 4.69) is 47.8 Å². The van der Waals surface area contributed by atoms with Crippen molar-refractivity contribution in [2.24, 2.45) is 0 Å². The molecule has 0 radical (unpaired) electrons. The lowest BCUT2D eigenvalue weighted by molar-refractivity contribution is 1.41. The standard InChI is InChI=1S/C10H9N.C7H8/c1-2-7-10-9(5-1)6-3-4-8-11-10;1-2-4-6-7-5-3-1/h1-8,11H;1-6H,7H2. The molecule has 0 atom stereocenters. The highest BCUT2D eigenvalue weighted by Crippen LogP contribution is 2.18. The summed E-state index contributed by atoms with van der Waals surface area (Å²) in [6.07, 6.45) is 21.5. The van der Waals surface area contributed by atoms with Crippen molar-refractivity contribution in [2.45, 2.75) is 6.42 Å². The predicted molar refractivity (Wildman–Crippen MR) is 80.3 cm³/mol. The summed E-state index contributed by atoms with van der Waals surface area (Å²) in [5.41, 5.74) is 2.40. The summed E-state index contributed by atoms with van der Waals surface area (Å²) in [6, 6.07) is 8.22. The zero-order valence-electron chi connectivity index (χ0n) is 10.3. The summed E-state index contributed by atoms with van der Waals surface area (Å²) in [6.45, 7) is 0. The molecule has 3 rings (SSSR count). The van der Waals surface area contributed by atoms with Crippen molar-refractivity contribution in [3.8, 4) is 0 Å². The van der Waals surface area contributed by atoms with E-state index in [0.29, 0.717) is 0 Å². The van der Waals surface area contributed by atoms with Crippen LogP contribution < -0.4 is 5.32 Å². The monoisotopic (exact) mass is 235 g/mol. The Bertz CT molecular complexity index is 502. The van der Waals surface area contributed by atoms with Crippen LogP contribution in [0.5, 0.6) is 0 Å². The van der Waals surface area contributed by atoms with E-state index in [1.165, 1.54) is 5.56 Å². The van der Waals surface area contributed by atoms with Gasteiger partial charge in [0.1, 0.15) is 0 Å². The Morgan fingerprint density at radius 1 is 0.778 bits per heavy atom. The highest BCUT2D eigenvalue weighted by atomic mass is 14.8. The van der Waals surface area contributed by atoms with Gasteiger partial charge in [-0.15, -0.1) is 0 Å². The molecule has 18 heavy (non-hydrogen) atoms. The van der Waals surface area contributed by atoms with Crippen LogP contribution in [0, 0.1) is 0 Å². The Morgan fingerprint density at radius 2 is 1.56 bits per heavy atom. The maximum Gasteiger partial charge on any atom is 0.0453 e. The van der Waals surface area contributed by atoms with Gasteiger partial charge < -0.3 is 5.32 Å². The van der Waals surface area contributed by atoms with E-state index in [0.717, 1.165) is 12.1 Å². The minimum absolute atomic E-state index is 1.08. The third-order valence-corrected chi connectivity index (χ3v) is 2.56. The van der Waals surface area contributed by atoms with Gasteiger partial charge in [-0.05, 0) is 24.1 Å². The maximum atomic E-state index is 3.18. The molecule has 90 valence electrons. The number of nitrogens with one attached hydrogen (secondary N) is 1. The summed E-state index contributed by atoms with van der Waals surface area (Å²) < 4.78 is 0. The molecule has 0 amide bonds. The normalized spacial score (nSPS) is 14.9. The van der Waals surface area contributed by atoms with E-state index in [-0.39, 0.29) is 0 Å². The summed E-state index contributed by atoms with van der Waals surface area (Å²) in [5, 5.41) is 3.18. The van der Waals surface area contributed by atoms with Gasteiger partial charge in [-0.2, -0.15) is 0 Å². The Kier molecular flexibility index (Phi) is 4.82. The second kappa shape index (κ2) is 7.13. The van der Waals surface area contributed by atoms with Crippen LogP contribution in [0.3, 0.4) is 0 Å². The summed E-state index contributed by atoms with van der Waals surface area (Å²) in [4.78, 5) is 0. The molecular weight excluding hydrogens is 218 g/mol. The largest absolute Gasteiger partial charge is 0.361 e. The second-order valence-corrected chi connectivity index (χ2v) is 3.93. The van der Waals surface area contributed by atoms with Crippen LogP contribution in [0.25, 0.3) is 6.08 Å². The fourth-order valence-electron chi connectivity index (χ4n) is 1.65. The molecule has 2 aliphatic rings. The summed E-state index contributed by atoms with van der Waals surface area (Å²) in [5.74, 6) is 0. The third-order valence-electron chi connectivity index (χ3n) is 2.56. The lowest BCUT2D eigenvalue weighted by atomic mass is 10.2. The number of benzene rings is 1. The summed E-state index contributed by atoms with van der Waals surface area (Å²) in [7, 11) is 0. The van der Waals surface area contributed by atoms with E-state index in [9.17, 15) is 0 Å². The zero-order chi connectivity index (χ0) is 12.5. The zero-order valence-corrected chi connectivity index (χ0v) is 10.3. The first-order valence-electron chi connectivity index (χ1n) is 6.14. The fourth-order valence-corrected chi connectivity index (χ4v) is 1.65. The van der Waals surface area contributed by atoms with Crippen molar-refractivity contribution in [3.63, 3.8) is 0 Å². The number of allylic oxidation sites excluding steroid dienone is 8. The van der Waals surface area contributed by atoms with Gasteiger partial charge in [-0.25, -0.2) is 0 Å². The highest BCUT2D eigenvalue weighted by Gasteiger charge is 1.95. The summed E-state index contributed by atoms with van der Waals surface area (Å²) >= 11 is 0. The molecule has 0 saturated heterocycles. The van der Waals surface area contributed by atoms with E-state index in [4.69, 9.17) is 0 Å². The first-order chi connectivity index (χ1) is 8.97. The van der Waals surface area contributed by atoms with Crippen LogP contribution in [0.15, 0.2) is 79.1 Å². The Hall–Kier alpha value is -2.28. The fraction of sp³-hybridized carbons (Fsp3) is 0.0588. The van der Waals surface area contributed by atoms with Crippen LogP contribution in [-0.4, -0.2) is 0 Å². The quantitative estimate of drug-likeness (QED) is 0.687. The maximum absolute atomic E-state index is 3.18. The lowest BCUT2D eigenvalue weighted by Gasteiger charge is -2.01. The molecule has 1 aliphatic carbocycles. The molecule has 0 bridgehead atoms. The highest BCUT2D eigenvalue weighted by molar-refractivity contribution is 5.69. The number of para-hydroxylation sites is 1. The van der Waals surface area contributed by atoms with Crippen LogP contribution in [0.1, 0.15) is 12.0 Å². The molecule has 1 heterocycles. The van der Waals surface area contributed by atoms with E-state index in [1.807, 2.05) is 42.6 Å². The second-order valence-electron chi connectivity index (χ2n) is 3.93. The smallest absolute Gasteiger partial charge is 0.0453 e. The van der Waals surface area contributed by atoms with Crippen molar-refractivity contribution in [3.05, 3.63) is 84.6 Å². The molecule has 1 heteroatoms. The van der Waals surface area contributed by atoms with Gasteiger partial charge in [0.25, 0.3) is 0 Å². The minimum Gasteiger partial charge on any atom is -0.361 e. The van der Waals surface area contributed by atoms with Crippen molar-refractivity contribution in [1.82, 2.24) is 0 Å². The van der Waals surface area contributed by atoms with Gasteiger partial charge in [0, 0.05) is 11.9 Å². The van der Waals surface area contributed by atoms with Crippen LogP contribution in [0.2, 0.25) is 0 Å². The van der Waals surface area contributed by atoms with E-state index in [1.54, 1.807) is 0 Å². The molecule has 1 nitrogen and oxygen atoms in total. The van der Waals surface area contributed by atoms with E-state index < -0.39 is 0 Å². The molecule has 0 spiro atoms. The molecule has 0 fully saturated rings. The number of hydrogen-bond donors (Lipinski definition) is 1. The van der Waals surface area contributed by atoms with Crippen molar-refractivity contribution < 1.29 is 0 Å². The van der Waals surface area contributed by atoms with Crippen molar-refractivity contribution in [2.75, 3.05) is 5.32 Å². The molecule has 1 aromatic rings. The molecule has 0 unspecified atom stereocenters. The lowest BCUT2D eigenvalue weighted by Crippen LogP contribution is -1.87. The third kappa shape index (κ3) is 3.95. The average Bonchev–Trinajstić information content (AvgIpc) is 2.84. The first-order valence-corrected chi connectivity index (χ1v) is 6.14. The van der Waals surface area contributed by atoms with Gasteiger partial charge in [0.15, 0.2) is 0 Å². The van der Waals surface area contributed by atoms with Gasteiger partial charge in [0.05, 0.1) is 0 Å². The topological polar surface area (TPSA) is 12.0 Å². The van der Waals surface area contributed by atoms with E-state index >= 15 is 0 Å². The van der Waals surface area contributed by atoms with Crippen LogP contribution in [0.4, 0.5) is 5.69 Å². The Morgan fingerprint density at radius 3 is 2.39 bits per heavy atom. The van der Waals surface area contributed by atoms with Gasteiger partial charge in [-0.1, -0.05) is 66.8 Å². The van der Waals surface area contributed by atoms with Crippen molar-refractivity contribution >= 4 is 11.8 Å². The molecule has 0 aromatic heterocycles. The van der Waals surface area contributed by atoms with Crippen molar-refractivity contribution in [1.29, 1.82) is 0 Å². The van der Waals surface area contributed by atoms with Gasteiger partial charge in [-0.3, -0.25) is 0 Å². The average molecular weight is 235 g/mol. The molecule has 1 aromatic carbocycles. The molecule has 1 N–H and O–H groups in total. The first kappa shape index (κ1) is 12.2. The number of rotatable bonds is 0. The predicted octanol–water partition coefficient (Wildman–Crippen LogP) is 4.70. The minimum atomic E-state index is 1.08. The number of hydrogen-bond acceptors (Lipinski definition) is 1. The van der Waals surface area contributed by atoms with Crippen LogP contribution in [-0.2, 0) is 0 Å². The number of anilines is 1. The Balaban J connectivity index is 0.000000149. The van der Waals surface area contributed by atoms with Gasteiger partial charge >= 0.3 is 0 Å². The molecule has 1 aliphatic heterocycles. The van der Waals surface area contributed by atoms with Crippen LogP contribution >= 0.6 is 0 Å². The molecular formula is C17H17N.